The lowest BCUT2D eigenvalue weighted by Crippen LogP contribution is -2.44. The minimum atomic E-state index is -6.09. The molecule has 0 unspecified atom stereocenters. The van der Waals surface area contributed by atoms with Gasteiger partial charge in [-0.25, -0.2) is 8.42 Å². The average Bonchev–Trinajstić information content (AvgIpc) is 2.46. The number of likely N-dealkylation sites (N-methyl/N-ethyl adjacent to an activating group) is 1. The molecule has 1 aromatic carbocycles. The lowest BCUT2D eigenvalue weighted by Gasteiger charge is -2.29. The van der Waals surface area contributed by atoms with Gasteiger partial charge in [0.15, 0.2) is 10.1 Å². The smallest absolute Gasteiger partial charge is 0.485 e. The molecule has 0 aromatic heterocycles. The van der Waals surface area contributed by atoms with Crippen molar-refractivity contribution in [2.45, 2.75) is 12.1 Å². The van der Waals surface area contributed by atoms with Gasteiger partial charge in [-0.2, -0.15) is 13.2 Å². The third-order valence-corrected chi connectivity index (χ3v) is 3.51. The monoisotopic (exact) mass is 382 g/mol. The minimum absolute atomic E-state index is 0.107. The highest BCUT2D eigenvalue weighted by atomic mass is 32.2. The van der Waals surface area contributed by atoms with Crippen LogP contribution in [0.1, 0.15) is 5.56 Å². The first kappa shape index (κ1) is 23.1. The number of nitrogens with one attached hydrogen (secondary N) is 1. The van der Waals surface area contributed by atoms with Crippen molar-refractivity contribution in [2.24, 2.45) is 0 Å². The number of nitrogens with zero attached hydrogens (tertiary/aromatic N) is 1. The lowest BCUT2D eigenvalue weighted by molar-refractivity contribution is -0.902. The summed E-state index contributed by atoms with van der Waals surface area (Å²) in [6.45, 7) is 5.96. The summed E-state index contributed by atoms with van der Waals surface area (Å²) in [5.74, 6) is -0.107. The van der Waals surface area contributed by atoms with E-state index >= 15 is 0 Å². The van der Waals surface area contributed by atoms with Gasteiger partial charge in [-0.1, -0.05) is 36.9 Å². The van der Waals surface area contributed by atoms with Gasteiger partial charge in [-0.15, -0.1) is 0 Å². The molecule has 0 spiro atoms. The van der Waals surface area contributed by atoms with Crippen LogP contribution in [0.25, 0.3) is 0 Å². The summed E-state index contributed by atoms with van der Waals surface area (Å²) in [7, 11) is -1.77. The maximum Gasteiger partial charge on any atom is 0.485 e. The molecular formula is C15H21F3N2O4S. The molecule has 0 bridgehead atoms. The van der Waals surface area contributed by atoms with Crippen molar-refractivity contribution >= 4 is 16.0 Å². The number of alkyl halides is 3. The van der Waals surface area contributed by atoms with E-state index in [1.165, 1.54) is 11.6 Å². The fourth-order valence-corrected chi connectivity index (χ4v) is 1.71. The highest BCUT2D eigenvalue weighted by Crippen LogP contribution is 2.20. The molecule has 25 heavy (non-hydrogen) atoms. The molecule has 0 fully saturated rings. The highest BCUT2D eigenvalue weighted by Gasteiger charge is 2.36. The van der Waals surface area contributed by atoms with Gasteiger partial charge in [-0.3, -0.25) is 4.79 Å². The maximum atomic E-state index is 11.0. The standard InChI is InChI=1S/C14H20N2O.CHF3O3S/c1-4-14(17)15-10-11-16(2,3)12-13-8-6-5-7-9-13;2-1(3,4)8(5,6)7/h4-9H,1,10-12H2,2-3H3;(H,5,6,7). The molecule has 0 atom stereocenters. The highest BCUT2D eigenvalue weighted by molar-refractivity contribution is 7.86. The predicted octanol–water partition coefficient (Wildman–Crippen LogP) is 1.62. The van der Waals surface area contributed by atoms with Crippen molar-refractivity contribution in [3.8, 4) is 0 Å². The normalized spacial score (nSPS) is 11.9. The number of carbonyl (C=O) groups excluding carboxylic acids is 1. The number of amides is 1. The second-order valence-electron chi connectivity index (χ2n) is 5.70. The maximum absolute atomic E-state index is 11.0. The van der Waals surface area contributed by atoms with E-state index in [0.717, 1.165) is 17.6 Å². The van der Waals surface area contributed by atoms with Gasteiger partial charge in [0.1, 0.15) is 6.54 Å². The van der Waals surface area contributed by atoms with E-state index in [1.807, 2.05) is 6.07 Å². The van der Waals surface area contributed by atoms with E-state index in [9.17, 15) is 18.0 Å². The Morgan fingerprint density at radius 1 is 1.28 bits per heavy atom. The number of hydrogen-bond acceptors (Lipinski definition) is 4. The molecule has 0 aliphatic rings. The van der Waals surface area contributed by atoms with Crippen LogP contribution in [0.2, 0.25) is 0 Å². The van der Waals surface area contributed by atoms with Crippen LogP contribution in [-0.4, -0.2) is 56.1 Å². The van der Waals surface area contributed by atoms with Crippen LogP contribution in [0.15, 0.2) is 43.0 Å². The molecule has 1 N–H and O–H groups in total. The van der Waals surface area contributed by atoms with E-state index in [1.54, 1.807) is 0 Å². The summed E-state index contributed by atoms with van der Waals surface area (Å²) < 4.78 is 59.8. The van der Waals surface area contributed by atoms with Gasteiger partial charge < -0.3 is 14.4 Å². The summed E-state index contributed by atoms with van der Waals surface area (Å²) in [5.41, 5.74) is -4.33. The zero-order valence-corrected chi connectivity index (χ0v) is 14.7. The Balaban J connectivity index is 0.000000609. The van der Waals surface area contributed by atoms with Gasteiger partial charge in [0.05, 0.1) is 27.2 Å². The summed E-state index contributed by atoms with van der Waals surface area (Å²) >= 11 is 0. The quantitative estimate of drug-likeness (QED) is 0.351. The molecule has 1 rings (SSSR count). The van der Waals surface area contributed by atoms with Crippen molar-refractivity contribution in [3.63, 3.8) is 0 Å². The Morgan fingerprint density at radius 3 is 2.16 bits per heavy atom. The molecule has 0 saturated carbocycles. The first-order valence-electron chi connectivity index (χ1n) is 7.07. The van der Waals surface area contributed by atoms with Crippen LogP contribution >= 0.6 is 0 Å². The van der Waals surface area contributed by atoms with Gasteiger partial charge in [-0.05, 0) is 6.08 Å². The largest absolute Gasteiger partial charge is 0.741 e. The molecule has 0 aliphatic carbocycles. The van der Waals surface area contributed by atoms with Crippen molar-refractivity contribution < 1.29 is 35.4 Å². The molecule has 0 radical (unpaired) electrons. The number of hydrogen-bond donors (Lipinski definition) is 1. The van der Waals surface area contributed by atoms with Crippen LogP contribution in [0, 0.1) is 0 Å². The number of quaternary nitrogens is 1. The molecule has 0 heterocycles. The van der Waals surface area contributed by atoms with Crippen LogP contribution in [0.4, 0.5) is 13.2 Å². The summed E-state index contributed by atoms with van der Waals surface area (Å²) in [5, 5.41) is 2.80. The number of halogens is 3. The molecule has 0 saturated heterocycles. The molecule has 6 nitrogen and oxygen atoms in total. The van der Waals surface area contributed by atoms with E-state index in [2.05, 4.69) is 50.3 Å². The Kier molecular flexibility index (Phi) is 8.81. The van der Waals surface area contributed by atoms with Crippen molar-refractivity contribution in [1.82, 2.24) is 5.32 Å². The fraction of sp³-hybridized carbons (Fsp3) is 0.400. The Hall–Kier alpha value is -1.91. The Bertz CT molecular complexity index is 659. The van der Waals surface area contributed by atoms with Gasteiger partial charge in [0, 0.05) is 5.56 Å². The number of benzene rings is 1. The summed E-state index contributed by atoms with van der Waals surface area (Å²) in [6.07, 6.45) is 1.30. The number of rotatable bonds is 6. The topological polar surface area (TPSA) is 86.3 Å². The number of carbonyl (C=O) groups is 1. The molecule has 1 aromatic rings. The minimum Gasteiger partial charge on any atom is -0.741 e. The van der Waals surface area contributed by atoms with E-state index in [4.69, 9.17) is 13.0 Å². The van der Waals surface area contributed by atoms with Crippen molar-refractivity contribution in [2.75, 3.05) is 27.2 Å². The molecule has 10 heteroatoms. The lowest BCUT2D eigenvalue weighted by atomic mass is 10.2. The summed E-state index contributed by atoms with van der Waals surface area (Å²) in [4.78, 5) is 11.0. The molecule has 1 amide bonds. The Morgan fingerprint density at radius 2 is 1.76 bits per heavy atom. The zero-order valence-electron chi connectivity index (χ0n) is 13.9. The fourth-order valence-electron chi connectivity index (χ4n) is 1.71. The molecule has 0 aliphatic heterocycles. The SMILES string of the molecule is C=CC(=O)NCC[N+](C)(C)Cc1ccccc1.O=S(=O)([O-])C(F)(F)F. The summed E-state index contributed by atoms with van der Waals surface area (Å²) in [6, 6.07) is 10.4. The van der Waals surface area contributed by atoms with Crippen LogP contribution < -0.4 is 5.32 Å². The van der Waals surface area contributed by atoms with Crippen LogP contribution in [-0.2, 0) is 21.5 Å². The van der Waals surface area contributed by atoms with E-state index in [0.29, 0.717) is 6.54 Å². The first-order valence-corrected chi connectivity index (χ1v) is 8.48. The van der Waals surface area contributed by atoms with E-state index in [-0.39, 0.29) is 5.91 Å². The molecule has 142 valence electrons. The van der Waals surface area contributed by atoms with Crippen LogP contribution in [0.5, 0.6) is 0 Å². The van der Waals surface area contributed by atoms with Crippen LogP contribution in [0.3, 0.4) is 0 Å². The second-order valence-corrected chi connectivity index (χ2v) is 7.07. The average molecular weight is 382 g/mol. The Labute approximate surface area is 145 Å². The van der Waals surface area contributed by atoms with Gasteiger partial charge >= 0.3 is 5.51 Å². The second kappa shape index (κ2) is 9.54. The van der Waals surface area contributed by atoms with Gasteiger partial charge in [0.2, 0.25) is 5.91 Å². The zero-order chi connectivity index (χ0) is 19.7. The molecular weight excluding hydrogens is 361 g/mol. The third-order valence-electron chi connectivity index (χ3n) is 2.94. The third kappa shape index (κ3) is 10.5. The van der Waals surface area contributed by atoms with Crippen molar-refractivity contribution in [1.29, 1.82) is 0 Å². The van der Waals surface area contributed by atoms with E-state index < -0.39 is 15.6 Å². The van der Waals surface area contributed by atoms with Crippen molar-refractivity contribution in [3.05, 3.63) is 48.6 Å². The van der Waals surface area contributed by atoms with Gasteiger partial charge in [0.25, 0.3) is 0 Å². The predicted molar refractivity (Wildman–Crippen MR) is 86.1 cm³/mol. The first-order chi connectivity index (χ1) is 11.3.